The van der Waals surface area contributed by atoms with Crippen LogP contribution in [0.5, 0.6) is 0 Å². The summed E-state index contributed by atoms with van der Waals surface area (Å²) in [6, 6.07) is 4.51. The Kier molecular flexibility index (Phi) is 9.14. The minimum Gasteiger partial charge on any atom is -0.481 e. The van der Waals surface area contributed by atoms with Gasteiger partial charge in [0.15, 0.2) is 0 Å². The Bertz CT molecular complexity index is 610. The lowest BCUT2D eigenvalue weighted by Gasteiger charge is -2.19. The Morgan fingerprint density at radius 3 is 2.40 bits per heavy atom. The first-order valence-corrected chi connectivity index (χ1v) is 7.59. The van der Waals surface area contributed by atoms with Crippen LogP contribution in [0.3, 0.4) is 0 Å². The van der Waals surface area contributed by atoms with Crippen molar-refractivity contribution >= 4 is 17.7 Å². The van der Waals surface area contributed by atoms with E-state index >= 15 is 0 Å². The zero-order chi connectivity index (χ0) is 19.6. The van der Waals surface area contributed by atoms with E-state index in [1.807, 2.05) is 20.8 Å². The fraction of sp³-hybridized carbons (Fsp3) is 0.500. The molecule has 140 valence electrons. The van der Waals surface area contributed by atoms with Crippen LogP contribution in [0.2, 0.25) is 0 Å². The summed E-state index contributed by atoms with van der Waals surface area (Å²) in [6.45, 7) is 8.05. The highest BCUT2D eigenvalue weighted by molar-refractivity contribution is 5.72. The number of nitro groups is 1. The Hall–Kier alpha value is -2.68. The summed E-state index contributed by atoms with van der Waals surface area (Å²) in [5.41, 5.74) is 5.58. The number of nitrogens with zero attached hydrogens (tertiary/aromatic N) is 1. The summed E-state index contributed by atoms with van der Waals surface area (Å²) in [6.07, 6.45) is -0.737. The number of nitrogens with two attached hydrogens (primary N) is 1. The minimum atomic E-state index is -1.07. The van der Waals surface area contributed by atoms with Crippen LogP contribution < -0.4 is 11.1 Å². The standard InChI is InChI=1S/C9H9NO4.C7H16N2O2/c1-6-2-3-7(5-9(11)12)8(4-6)10(13)14;1-7(2,3)11-6(10)9-5-4-8/h2-4H,5H2,1H3,(H,11,12);4-5,8H2,1-3H3,(H,9,10). The fourth-order valence-electron chi connectivity index (χ4n) is 1.64. The topological polar surface area (TPSA) is 145 Å². The average molecular weight is 355 g/mol. The SMILES string of the molecule is CC(C)(C)OC(=O)NCCN.Cc1ccc(CC(=O)O)c([N+](=O)[O-])c1. The second kappa shape index (κ2) is 10.2. The first kappa shape index (κ1) is 22.3. The number of carboxylic acid groups (broad SMARTS) is 1. The van der Waals surface area contributed by atoms with E-state index in [9.17, 15) is 19.7 Å². The van der Waals surface area contributed by atoms with Gasteiger partial charge < -0.3 is 20.9 Å². The van der Waals surface area contributed by atoms with Crippen molar-refractivity contribution in [3.05, 3.63) is 39.4 Å². The summed E-state index contributed by atoms with van der Waals surface area (Å²) < 4.78 is 4.93. The molecular weight excluding hydrogens is 330 g/mol. The predicted octanol–water partition coefficient (Wildman–Crippen LogP) is 2.00. The zero-order valence-corrected chi connectivity index (χ0v) is 14.9. The van der Waals surface area contributed by atoms with Gasteiger partial charge in [0.2, 0.25) is 0 Å². The molecule has 0 heterocycles. The second-order valence-corrected chi connectivity index (χ2v) is 6.18. The number of rotatable bonds is 5. The van der Waals surface area contributed by atoms with Gasteiger partial charge in [-0.25, -0.2) is 4.79 Å². The Morgan fingerprint density at radius 2 is 1.96 bits per heavy atom. The molecule has 1 aromatic rings. The number of amides is 1. The van der Waals surface area contributed by atoms with Crippen molar-refractivity contribution in [1.29, 1.82) is 0 Å². The molecule has 0 radical (unpaired) electrons. The fourth-order valence-corrected chi connectivity index (χ4v) is 1.64. The smallest absolute Gasteiger partial charge is 0.407 e. The zero-order valence-electron chi connectivity index (χ0n) is 14.9. The largest absolute Gasteiger partial charge is 0.481 e. The van der Waals surface area contributed by atoms with Gasteiger partial charge in [0.25, 0.3) is 5.69 Å². The normalized spacial score (nSPS) is 10.3. The van der Waals surface area contributed by atoms with Gasteiger partial charge in [-0.1, -0.05) is 12.1 Å². The number of carboxylic acids is 1. The minimum absolute atomic E-state index is 0.132. The number of carbonyl (C=O) groups excluding carboxylic acids is 1. The molecule has 0 bridgehead atoms. The molecule has 4 N–H and O–H groups in total. The maximum atomic E-state index is 10.8. The van der Waals surface area contributed by atoms with Crippen molar-refractivity contribution in [3.63, 3.8) is 0 Å². The maximum Gasteiger partial charge on any atom is 0.407 e. The molecule has 0 aliphatic rings. The lowest BCUT2D eigenvalue weighted by atomic mass is 10.1. The van der Waals surface area contributed by atoms with Gasteiger partial charge >= 0.3 is 12.1 Å². The maximum absolute atomic E-state index is 10.8. The van der Waals surface area contributed by atoms with E-state index in [4.69, 9.17) is 15.6 Å². The molecule has 0 atom stereocenters. The van der Waals surface area contributed by atoms with Crippen LogP contribution in [-0.2, 0) is 16.0 Å². The number of ether oxygens (including phenoxy) is 1. The van der Waals surface area contributed by atoms with Crippen molar-refractivity contribution in [1.82, 2.24) is 5.32 Å². The van der Waals surface area contributed by atoms with E-state index in [-0.39, 0.29) is 17.7 Å². The van der Waals surface area contributed by atoms with Gasteiger partial charge in [0, 0.05) is 24.7 Å². The highest BCUT2D eigenvalue weighted by atomic mass is 16.6. The number of benzene rings is 1. The molecule has 9 nitrogen and oxygen atoms in total. The van der Waals surface area contributed by atoms with Gasteiger partial charge in [0.1, 0.15) is 5.60 Å². The van der Waals surface area contributed by atoms with E-state index in [0.717, 1.165) is 5.56 Å². The molecule has 0 aromatic heterocycles. The van der Waals surface area contributed by atoms with E-state index in [1.165, 1.54) is 12.1 Å². The van der Waals surface area contributed by atoms with Gasteiger partial charge in [-0.3, -0.25) is 14.9 Å². The van der Waals surface area contributed by atoms with Crippen LogP contribution in [0, 0.1) is 17.0 Å². The van der Waals surface area contributed by atoms with Crippen LogP contribution in [0.4, 0.5) is 10.5 Å². The number of nitrogens with one attached hydrogen (secondary N) is 1. The number of hydrogen-bond donors (Lipinski definition) is 3. The summed E-state index contributed by atoms with van der Waals surface area (Å²) in [5.74, 6) is -1.07. The Morgan fingerprint density at radius 1 is 1.36 bits per heavy atom. The average Bonchev–Trinajstić information content (AvgIpc) is 2.45. The lowest BCUT2D eigenvalue weighted by Crippen LogP contribution is -2.35. The van der Waals surface area contributed by atoms with Crippen molar-refractivity contribution in [2.45, 2.75) is 39.7 Å². The molecule has 25 heavy (non-hydrogen) atoms. The molecule has 1 amide bonds. The quantitative estimate of drug-likeness (QED) is 0.541. The van der Waals surface area contributed by atoms with Crippen molar-refractivity contribution in [2.75, 3.05) is 13.1 Å². The van der Waals surface area contributed by atoms with E-state index in [0.29, 0.717) is 13.1 Å². The summed E-state index contributed by atoms with van der Waals surface area (Å²) in [4.78, 5) is 31.2. The van der Waals surface area contributed by atoms with Crippen LogP contribution in [0.1, 0.15) is 31.9 Å². The monoisotopic (exact) mass is 355 g/mol. The van der Waals surface area contributed by atoms with Crippen LogP contribution >= 0.6 is 0 Å². The molecule has 0 aliphatic carbocycles. The van der Waals surface area contributed by atoms with Crippen LogP contribution in [0.25, 0.3) is 0 Å². The molecule has 0 unspecified atom stereocenters. The van der Waals surface area contributed by atoms with Crippen molar-refractivity contribution < 1.29 is 24.4 Å². The van der Waals surface area contributed by atoms with Crippen LogP contribution in [-0.4, -0.2) is 40.8 Å². The van der Waals surface area contributed by atoms with E-state index in [2.05, 4.69) is 5.32 Å². The molecule has 0 fully saturated rings. The third-order valence-electron chi connectivity index (χ3n) is 2.59. The molecule has 0 saturated heterocycles. The predicted molar refractivity (Wildman–Crippen MR) is 92.5 cm³/mol. The molecule has 9 heteroatoms. The highest BCUT2D eigenvalue weighted by Crippen LogP contribution is 2.20. The van der Waals surface area contributed by atoms with Gasteiger partial charge in [-0.2, -0.15) is 0 Å². The number of carbonyl (C=O) groups is 2. The van der Waals surface area contributed by atoms with Crippen molar-refractivity contribution in [2.24, 2.45) is 5.73 Å². The molecule has 0 spiro atoms. The van der Waals surface area contributed by atoms with Gasteiger partial charge in [0.05, 0.1) is 11.3 Å². The molecule has 1 aromatic carbocycles. The van der Waals surface area contributed by atoms with E-state index in [1.54, 1.807) is 13.0 Å². The number of alkyl carbamates (subject to hydrolysis) is 1. The van der Waals surface area contributed by atoms with Crippen LogP contribution in [0.15, 0.2) is 18.2 Å². The molecule has 0 aliphatic heterocycles. The number of hydrogen-bond acceptors (Lipinski definition) is 6. The number of nitro benzene ring substituents is 1. The highest BCUT2D eigenvalue weighted by Gasteiger charge is 2.16. The van der Waals surface area contributed by atoms with E-state index < -0.39 is 22.6 Å². The lowest BCUT2D eigenvalue weighted by molar-refractivity contribution is -0.385. The summed E-state index contributed by atoms with van der Waals surface area (Å²) in [7, 11) is 0. The number of aliphatic carboxylic acids is 1. The van der Waals surface area contributed by atoms with Gasteiger partial charge in [-0.15, -0.1) is 0 Å². The van der Waals surface area contributed by atoms with Gasteiger partial charge in [-0.05, 0) is 33.3 Å². The molecule has 0 saturated carbocycles. The summed E-state index contributed by atoms with van der Waals surface area (Å²) in [5, 5.41) is 21.6. The Balaban J connectivity index is 0.000000477. The molecule has 1 rings (SSSR count). The van der Waals surface area contributed by atoms with Crippen molar-refractivity contribution in [3.8, 4) is 0 Å². The molecular formula is C16H25N3O6. The second-order valence-electron chi connectivity index (χ2n) is 6.18. The number of aryl methyl sites for hydroxylation is 1. The first-order valence-electron chi connectivity index (χ1n) is 7.59. The third-order valence-corrected chi connectivity index (χ3v) is 2.59. The summed E-state index contributed by atoms with van der Waals surface area (Å²) >= 11 is 0. The third kappa shape index (κ3) is 10.7. The first-order chi connectivity index (χ1) is 11.5. The Labute approximate surface area is 146 Å².